The van der Waals surface area contributed by atoms with Crippen molar-refractivity contribution in [1.29, 1.82) is 0 Å². The van der Waals surface area contributed by atoms with Crippen molar-refractivity contribution in [3.8, 4) is 11.5 Å². The molecule has 0 saturated heterocycles. The van der Waals surface area contributed by atoms with E-state index < -0.39 is 30.1 Å². The Labute approximate surface area is 162 Å². The molecule has 2 aromatic carbocycles. The average molecular weight is 418 g/mol. The van der Waals surface area contributed by atoms with E-state index in [2.05, 4.69) is 0 Å². The largest absolute Gasteiger partial charge is 0.493 e. The van der Waals surface area contributed by atoms with Gasteiger partial charge in [0, 0.05) is 11.6 Å². The highest BCUT2D eigenvalue weighted by Crippen LogP contribution is 2.37. The number of hydrogen-bond acceptors (Lipinski definition) is 3. The number of hydrogen-bond donors (Lipinski definition) is 0. The zero-order valence-corrected chi connectivity index (χ0v) is 14.9. The Morgan fingerprint density at radius 1 is 0.828 bits per heavy atom. The van der Waals surface area contributed by atoms with Gasteiger partial charge in [-0.15, -0.1) is 0 Å². The quantitative estimate of drug-likeness (QED) is 0.415. The van der Waals surface area contributed by atoms with Gasteiger partial charge in [0.05, 0.1) is 17.7 Å². The number of rotatable bonds is 7. The molecule has 2 aromatic rings. The van der Waals surface area contributed by atoms with E-state index in [-0.39, 0.29) is 22.9 Å². The maximum absolute atomic E-state index is 12.9. The van der Waals surface area contributed by atoms with Crippen LogP contribution >= 0.6 is 0 Å². The van der Waals surface area contributed by atoms with Crippen LogP contribution in [0, 0.1) is 5.92 Å². The molecule has 9 heteroatoms. The van der Waals surface area contributed by atoms with Crippen molar-refractivity contribution in [2.75, 3.05) is 6.61 Å². The van der Waals surface area contributed by atoms with E-state index in [0.717, 1.165) is 12.8 Å². The smallest absolute Gasteiger partial charge is 0.416 e. The summed E-state index contributed by atoms with van der Waals surface area (Å²) >= 11 is 0. The van der Waals surface area contributed by atoms with Crippen LogP contribution < -0.4 is 9.47 Å². The molecule has 156 valence electrons. The summed E-state index contributed by atoms with van der Waals surface area (Å²) < 4.78 is 88.6. The zero-order valence-electron chi connectivity index (χ0n) is 14.9. The number of aldehydes is 1. The second-order valence-electron chi connectivity index (χ2n) is 6.81. The van der Waals surface area contributed by atoms with Crippen molar-refractivity contribution < 1.29 is 40.6 Å². The minimum atomic E-state index is -4.93. The highest BCUT2D eigenvalue weighted by molar-refractivity contribution is 5.76. The summed E-state index contributed by atoms with van der Waals surface area (Å²) in [6.07, 6.45) is -7.22. The lowest BCUT2D eigenvalue weighted by Gasteiger charge is -2.15. The van der Waals surface area contributed by atoms with Crippen LogP contribution in [-0.4, -0.2) is 12.9 Å². The Morgan fingerprint density at radius 2 is 1.38 bits per heavy atom. The molecule has 0 spiro atoms. The first-order chi connectivity index (χ1) is 13.5. The fourth-order valence-corrected chi connectivity index (χ4v) is 2.60. The van der Waals surface area contributed by atoms with Crippen LogP contribution in [0.3, 0.4) is 0 Å². The van der Waals surface area contributed by atoms with E-state index in [1.807, 2.05) is 0 Å². The highest BCUT2D eigenvalue weighted by atomic mass is 19.4. The van der Waals surface area contributed by atoms with Gasteiger partial charge in [0.15, 0.2) is 0 Å². The average Bonchev–Trinajstić information content (AvgIpc) is 3.47. The summed E-state index contributed by atoms with van der Waals surface area (Å²) in [5, 5.41) is 0. The molecule has 0 N–H and O–H groups in total. The van der Waals surface area contributed by atoms with Crippen LogP contribution in [-0.2, 0) is 19.0 Å². The topological polar surface area (TPSA) is 35.5 Å². The van der Waals surface area contributed by atoms with Crippen LogP contribution in [0.5, 0.6) is 11.5 Å². The molecule has 1 aliphatic carbocycles. The lowest BCUT2D eigenvalue weighted by atomic mass is 10.1. The molecule has 0 heterocycles. The maximum atomic E-state index is 12.9. The van der Waals surface area contributed by atoms with E-state index in [1.165, 1.54) is 18.2 Å². The van der Waals surface area contributed by atoms with Crippen molar-refractivity contribution in [2.45, 2.75) is 31.8 Å². The van der Waals surface area contributed by atoms with E-state index >= 15 is 0 Å². The maximum Gasteiger partial charge on any atom is 0.416 e. The third-order valence-corrected chi connectivity index (χ3v) is 4.27. The van der Waals surface area contributed by atoms with Gasteiger partial charge in [-0.3, -0.25) is 4.79 Å². The van der Waals surface area contributed by atoms with Crippen molar-refractivity contribution in [2.24, 2.45) is 5.92 Å². The summed E-state index contributed by atoms with van der Waals surface area (Å²) in [4.78, 5) is 11.1. The zero-order chi connectivity index (χ0) is 21.2. The molecule has 0 bridgehead atoms. The number of carbonyl (C=O) groups excluding carboxylic acids is 1. The Morgan fingerprint density at radius 3 is 1.86 bits per heavy atom. The van der Waals surface area contributed by atoms with Crippen LogP contribution in [0.25, 0.3) is 0 Å². The Hall–Kier alpha value is -2.71. The predicted molar refractivity (Wildman–Crippen MR) is 90.8 cm³/mol. The van der Waals surface area contributed by atoms with Gasteiger partial charge in [0.25, 0.3) is 0 Å². The van der Waals surface area contributed by atoms with E-state index in [9.17, 15) is 31.1 Å². The molecule has 0 aromatic heterocycles. The molecule has 1 saturated carbocycles. The minimum absolute atomic E-state index is 0.0559. The molecule has 1 aliphatic rings. The van der Waals surface area contributed by atoms with Crippen molar-refractivity contribution in [1.82, 2.24) is 0 Å². The van der Waals surface area contributed by atoms with Crippen LogP contribution in [0.1, 0.15) is 39.9 Å². The summed E-state index contributed by atoms with van der Waals surface area (Å²) in [6, 6.07) is 5.50. The summed E-state index contributed by atoms with van der Waals surface area (Å²) in [5.74, 6) is 0.896. The standard InChI is InChI=1S/C20H16F6O3/c21-19(22,23)15-3-14(4-16(7-15)20(24,25)26)11-29-18-6-13(9-27)5-17(8-18)28-10-12-1-2-12/h3-9,12H,1-2,10-11H2. The van der Waals surface area contributed by atoms with Crippen molar-refractivity contribution in [3.05, 3.63) is 58.7 Å². The SMILES string of the molecule is O=Cc1cc(OCc2cc(C(F)(F)F)cc(C(F)(F)F)c2)cc(OCC2CC2)c1. The summed E-state index contributed by atoms with van der Waals surface area (Å²) in [7, 11) is 0. The second-order valence-corrected chi connectivity index (χ2v) is 6.81. The third-order valence-electron chi connectivity index (χ3n) is 4.27. The molecule has 0 aliphatic heterocycles. The number of carbonyl (C=O) groups is 1. The van der Waals surface area contributed by atoms with Gasteiger partial charge in [-0.25, -0.2) is 0 Å². The lowest BCUT2D eigenvalue weighted by molar-refractivity contribution is -0.143. The molecule has 3 nitrogen and oxygen atoms in total. The van der Waals surface area contributed by atoms with Gasteiger partial charge in [0.2, 0.25) is 0 Å². The number of halogens is 6. The molecule has 0 unspecified atom stereocenters. The van der Waals surface area contributed by atoms with Gasteiger partial charge in [0.1, 0.15) is 24.4 Å². The summed E-state index contributed by atoms with van der Waals surface area (Å²) in [6.45, 7) is -0.0817. The second kappa shape index (κ2) is 7.96. The van der Waals surface area contributed by atoms with E-state index in [0.29, 0.717) is 36.7 Å². The molecular weight excluding hydrogens is 402 g/mol. The van der Waals surface area contributed by atoms with Crippen molar-refractivity contribution in [3.63, 3.8) is 0 Å². The fraction of sp³-hybridized carbons (Fsp3) is 0.350. The molecule has 0 amide bonds. The molecule has 29 heavy (non-hydrogen) atoms. The number of ether oxygens (including phenoxy) is 2. The fourth-order valence-electron chi connectivity index (χ4n) is 2.60. The Kier molecular flexibility index (Phi) is 5.77. The molecular formula is C20H16F6O3. The normalized spacial score (nSPS) is 14.6. The van der Waals surface area contributed by atoms with Crippen LogP contribution in [0.15, 0.2) is 36.4 Å². The van der Waals surface area contributed by atoms with Crippen molar-refractivity contribution >= 4 is 6.29 Å². The van der Waals surface area contributed by atoms with Crippen LogP contribution in [0.4, 0.5) is 26.3 Å². The Balaban J connectivity index is 1.81. The molecule has 3 rings (SSSR count). The van der Waals surface area contributed by atoms with Crippen LogP contribution in [0.2, 0.25) is 0 Å². The third kappa shape index (κ3) is 5.88. The van der Waals surface area contributed by atoms with Gasteiger partial charge in [-0.05, 0) is 54.7 Å². The minimum Gasteiger partial charge on any atom is -0.493 e. The first kappa shape index (κ1) is 21.0. The van der Waals surface area contributed by atoms with E-state index in [1.54, 1.807) is 0 Å². The molecule has 1 fully saturated rings. The number of benzene rings is 2. The van der Waals surface area contributed by atoms with Gasteiger partial charge in [-0.2, -0.15) is 26.3 Å². The van der Waals surface area contributed by atoms with Gasteiger partial charge < -0.3 is 9.47 Å². The van der Waals surface area contributed by atoms with Gasteiger partial charge >= 0.3 is 12.4 Å². The highest BCUT2D eigenvalue weighted by Gasteiger charge is 2.36. The predicted octanol–water partition coefficient (Wildman–Crippen LogP) is 5.90. The van der Waals surface area contributed by atoms with Gasteiger partial charge in [-0.1, -0.05) is 0 Å². The molecule has 0 atom stereocenters. The monoisotopic (exact) mass is 418 g/mol. The first-order valence-corrected chi connectivity index (χ1v) is 8.69. The first-order valence-electron chi connectivity index (χ1n) is 8.69. The molecule has 0 radical (unpaired) electrons. The lowest BCUT2D eigenvalue weighted by Crippen LogP contribution is -2.12. The summed E-state index contributed by atoms with van der Waals surface area (Å²) in [5.41, 5.74) is -2.92. The van der Waals surface area contributed by atoms with E-state index in [4.69, 9.17) is 9.47 Å². The Bertz CT molecular complexity index is 853. The number of alkyl halides is 6.